The highest BCUT2D eigenvalue weighted by molar-refractivity contribution is 7.79. The second-order valence-electron chi connectivity index (χ2n) is 1.99. The van der Waals surface area contributed by atoms with E-state index in [0.717, 1.165) is 0 Å². The Morgan fingerprint density at radius 3 is 2.67 bits per heavy atom. The van der Waals surface area contributed by atoms with E-state index in [1.807, 2.05) is 6.07 Å². The van der Waals surface area contributed by atoms with Gasteiger partial charge in [0.15, 0.2) is 0 Å². The van der Waals surface area contributed by atoms with Crippen molar-refractivity contribution in [3.8, 4) is 6.07 Å². The molecule has 0 aromatic heterocycles. The van der Waals surface area contributed by atoms with Gasteiger partial charge in [0.2, 0.25) is 0 Å². The minimum absolute atomic E-state index is 0.00988. The second kappa shape index (κ2) is 3.68. The first-order valence-corrected chi connectivity index (χ1v) is 4.39. The van der Waals surface area contributed by atoms with Crippen LogP contribution in [0.5, 0.6) is 0 Å². The zero-order valence-electron chi connectivity index (χ0n) is 5.78. The van der Waals surface area contributed by atoms with Crippen molar-refractivity contribution in [2.24, 2.45) is 0 Å². The van der Waals surface area contributed by atoms with Crippen molar-refractivity contribution in [3.63, 3.8) is 0 Å². The van der Waals surface area contributed by atoms with Gasteiger partial charge in [-0.05, 0) is 29.3 Å². The molecule has 0 fully saturated rings. The van der Waals surface area contributed by atoms with Crippen LogP contribution in [0, 0.1) is 11.3 Å². The van der Waals surface area contributed by atoms with Gasteiger partial charge in [0.1, 0.15) is 0 Å². The summed E-state index contributed by atoms with van der Waals surface area (Å²) in [6.45, 7) is 0. The summed E-state index contributed by atoms with van der Waals surface area (Å²) in [5, 5.41) is 8.50. The molecular weight excluding hydrogens is 198 g/mol. The van der Waals surface area contributed by atoms with Crippen LogP contribution >= 0.6 is 11.6 Å². The van der Waals surface area contributed by atoms with Crippen LogP contribution in [0.25, 0.3) is 0 Å². The van der Waals surface area contributed by atoms with Crippen LogP contribution in [-0.4, -0.2) is 8.76 Å². The summed E-state index contributed by atoms with van der Waals surface area (Å²) in [5.41, 5.74) is 0.342. The molecule has 0 N–H and O–H groups in total. The van der Waals surface area contributed by atoms with Gasteiger partial charge in [0.25, 0.3) is 0 Å². The topological polar surface area (TPSA) is 63.9 Å². The highest BCUT2D eigenvalue weighted by atomic mass is 35.5. The molecule has 0 saturated carbocycles. The van der Waals surface area contributed by atoms with Crippen molar-refractivity contribution < 1.29 is 8.76 Å². The molecule has 0 amide bonds. The maximum absolute atomic E-state index is 10.5. The third-order valence-corrected chi connectivity index (χ3v) is 2.38. The van der Waals surface area contributed by atoms with Crippen LogP contribution in [0.2, 0.25) is 5.02 Å². The van der Waals surface area contributed by atoms with E-state index < -0.39 is 11.1 Å². The van der Waals surface area contributed by atoms with E-state index in [-0.39, 0.29) is 9.92 Å². The van der Waals surface area contributed by atoms with Crippen molar-refractivity contribution in [3.05, 3.63) is 28.8 Å². The van der Waals surface area contributed by atoms with Crippen LogP contribution in [-0.2, 0) is 11.1 Å². The predicted molar refractivity (Wildman–Crippen MR) is 43.4 cm³/mol. The van der Waals surface area contributed by atoms with Gasteiger partial charge in [-0.25, -0.2) is 0 Å². The van der Waals surface area contributed by atoms with Gasteiger partial charge in [-0.15, -0.1) is 0 Å². The molecule has 0 aliphatic heterocycles. The quantitative estimate of drug-likeness (QED) is 0.645. The third-order valence-electron chi connectivity index (χ3n) is 1.24. The van der Waals surface area contributed by atoms with Gasteiger partial charge >= 0.3 is 0 Å². The zero-order chi connectivity index (χ0) is 9.14. The summed E-state index contributed by atoms with van der Waals surface area (Å²) in [4.78, 5) is 0.00988. The second-order valence-corrected chi connectivity index (χ2v) is 3.31. The fourth-order valence-corrected chi connectivity index (χ4v) is 1.47. The van der Waals surface area contributed by atoms with E-state index in [9.17, 15) is 8.76 Å². The van der Waals surface area contributed by atoms with Crippen LogP contribution in [0.4, 0.5) is 0 Å². The minimum atomic E-state index is -2.34. The molecule has 0 aliphatic rings. The monoisotopic (exact) mass is 200 g/mol. The van der Waals surface area contributed by atoms with E-state index in [2.05, 4.69) is 0 Å². The third kappa shape index (κ3) is 1.83. The van der Waals surface area contributed by atoms with Gasteiger partial charge < -0.3 is 4.55 Å². The molecule has 1 unspecified atom stereocenters. The number of rotatable bonds is 1. The Labute approximate surface area is 76.9 Å². The lowest BCUT2D eigenvalue weighted by Gasteiger charge is -2.06. The summed E-state index contributed by atoms with van der Waals surface area (Å²) in [6, 6.07) is 5.86. The Morgan fingerprint density at radius 1 is 1.58 bits per heavy atom. The van der Waals surface area contributed by atoms with Crippen molar-refractivity contribution in [1.82, 2.24) is 0 Å². The van der Waals surface area contributed by atoms with E-state index in [1.54, 1.807) is 0 Å². The highest BCUT2D eigenvalue weighted by Crippen LogP contribution is 2.19. The molecular formula is C7H3ClNO2S-. The van der Waals surface area contributed by atoms with Crippen molar-refractivity contribution in [2.75, 3.05) is 0 Å². The highest BCUT2D eigenvalue weighted by Gasteiger charge is 2.00. The van der Waals surface area contributed by atoms with Gasteiger partial charge in [-0.3, -0.25) is 4.21 Å². The molecule has 1 atom stereocenters. The van der Waals surface area contributed by atoms with Crippen molar-refractivity contribution in [1.29, 1.82) is 5.26 Å². The molecule has 0 aliphatic carbocycles. The number of halogens is 1. The van der Waals surface area contributed by atoms with Crippen LogP contribution in [0.15, 0.2) is 23.1 Å². The standard InChI is InChI=1S/C7H4ClNO2S/c8-6-3-5(4-9)1-2-7(6)12(10)11/h1-3H,(H,10,11)/p-1. The predicted octanol–water partition coefficient (Wildman–Crippen LogP) is 1.45. The molecule has 12 heavy (non-hydrogen) atoms. The minimum Gasteiger partial charge on any atom is -0.768 e. The fourth-order valence-electron chi connectivity index (χ4n) is 0.706. The number of hydrogen-bond acceptors (Lipinski definition) is 3. The molecule has 62 valence electrons. The van der Waals surface area contributed by atoms with E-state index in [0.29, 0.717) is 5.56 Å². The zero-order valence-corrected chi connectivity index (χ0v) is 7.35. The van der Waals surface area contributed by atoms with E-state index in [1.165, 1.54) is 18.2 Å². The van der Waals surface area contributed by atoms with Gasteiger partial charge in [-0.1, -0.05) is 11.6 Å². The van der Waals surface area contributed by atoms with Crippen LogP contribution in [0.3, 0.4) is 0 Å². The number of benzene rings is 1. The lowest BCUT2D eigenvalue weighted by molar-refractivity contribution is 0.537. The molecule has 0 spiro atoms. The SMILES string of the molecule is N#Cc1ccc(S(=O)[O-])c(Cl)c1. The average Bonchev–Trinajstić information content (AvgIpc) is 2.03. The lowest BCUT2D eigenvalue weighted by Crippen LogP contribution is -1.90. The molecule has 0 radical (unpaired) electrons. The number of nitriles is 1. The van der Waals surface area contributed by atoms with Crippen molar-refractivity contribution >= 4 is 22.7 Å². The molecule has 1 aromatic carbocycles. The molecule has 5 heteroatoms. The smallest absolute Gasteiger partial charge is 0.0992 e. The van der Waals surface area contributed by atoms with Gasteiger partial charge in [-0.2, -0.15) is 5.26 Å². The lowest BCUT2D eigenvalue weighted by atomic mass is 10.2. The molecule has 0 heterocycles. The summed E-state index contributed by atoms with van der Waals surface area (Å²) in [5.74, 6) is 0. The van der Waals surface area contributed by atoms with Gasteiger partial charge in [0.05, 0.1) is 16.7 Å². The van der Waals surface area contributed by atoms with Crippen molar-refractivity contribution in [2.45, 2.75) is 4.90 Å². The first-order valence-electron chi connectivity index (χ1n) is 2.94. The average molecular weight is 201 g/mol. The normalized spacial score (nSPS) is 12.1. The number of nitrogens with zero attached hydrogens (tertiary/aromatic N) is 1. The molecule has 0 saturated heterocycles. The Balaban J connectivity index is 3.23. The maximum Gasteiger partial charge on any atom is 0.0992 e. The van der Waals surface area contributed by atoms with Crippen LogP contribution < -0.4 is 0 Å². The molecule has 1 aromatic rings. The summed E-state index contributed by atoms with van der Waals surface area (Å²) in [6.07, 6.45) is 0. The first-order chi connectivity index (χ1) is 5.65. The largest absolute Gasteiger partial charge is 0.768 e. The molecule has 0 bridgehead atoms. The summed E-state index contributed by atoms with van der Waals surface area (Å²) < 4.78 is 20.9. The van der Waals surface area contributed by atoms with Gasteiger partial charge in [0, 0.05) is 4.90 Å². The molecule has 1 rings (SSSR count). The summed E-state index contributed by atoms with van der Waals surface area (Å²) in [7, 11) is 0. The Bertz CT molecular complexity index is 372. The Hall–Kier alpha value is -0.890. The van der Waals surface area contributed by atoms with Crippen LogP contribution in [0.1, 0.15) is 5.56 Å². The maximum atomic E-state index is 10.5. The summed E-state index contributed by atoms with van der Waals surface area (Å²) >= 11 is 3.22. The number of hydrogen-bond donors (Lipinski definition) is 0. The van der Waals surface area contributed by atoms with E-state index >= 15 is 0 Å². The van der Waals surface area contributed by atoms with E-state index in [4.69, 9.17) is 16.9 Å². The fraction of sp³-hybridized carbons (Fsp3) is 0. The first kappa shape index (κ1) is 9.20. The molecule has 3 nitrogen and oxygen atoms in total. The Kier molecular flexibility index (Phi) is 2.82. The Morgan fingerprint density at radius 2 is 2.25 bits per heavy atom.